The number of phenols is 2. The van der Waals surface area contributed by atoms with Crippen molar-refractivity contribution in [2.24, 2.45) is 0 Å². The van der Waals surface area contributed by atoms with Crippen LogP contribution >= 0.6 is 0 Å². The number of carbonyl (C=O) groups is 2. The molecule has 0 bridgehead atoms. The summed E-state index contributed by atoms with van der Waals surface area (Å²) in [5, 5.41) is 31.1. The fourth-order valence-electron chi connectivity index (χ4n) is 3.97. The number of ether oxygens (including phenoxy) is 1. The Kier molecular flexibility index (Phi) is 12.3. The van der Waals surface area contributed by atoms with Crippen molar-refractivity contribution in [2.75, 3.05) is 27.7 Å². The smallest absolute Gasteiger partial charge is 0.306 e. The molecule has 0 spiro atoms. The molecule has 1 aromatic rings. The summed E-state index contributed by atoms with van der Waals surface area (Å²) in [6.45, 7) is 4.06. The Hall–Kier alpha value is -2.28. The van der Waals surface area contributed by atoms with Crippen LogP contribution in [0.25, 0.3) is 0 Å². The van der Waals surface area contributed by atoms with E-state index in [1.807, 2.05) is 28.1 Å². The Labute approximate surface area is 199 Å². The van der Waals surface area contributed by atoms with Gasteiger partial charge in [0.25, 0.3) is 0 Å². The van der Waals surface area contributed by atoms with Gasteiger partial charge in [-0.25, -0.2) is 0 Å². The highest BCUT2D eigenvalue weighted by molar-refractivity contribution is 5.70. The molecule has 0 aliphatic heterocycles. The maximum Gasteiger partial charge on any atom is 0.306 e. The van der Waals surface area contributed by atoms with Gasteiger partial charge < -0.3 is 29.3 Å². The molecule has 0 fully saturated rings. The number of likely N-dealkylation sites (N-methyl/N-ethyl adjacent to an activating group) is 1. The van der Waals surface area contributed by atoms with Crippen LogP contribution in [-0.4, -0.2) is 60.4 Å². The molecule has 188 valence electrons. The van der Waals surface area contributed by atoms with E-state index in [0.29, 0.717) is 23.2 Å². The lowest BCUT2D eigenvalue weighted by Gasteiger charge is -2.29. The third kappa shape index (κ3) is 11.9. The van der Waals surface area contributed by atoms with Crippen molar-refractivity contribution < 1.29 is 34.1 Å². The zero-order chi connectivity index (χ0) is 25.0. The summed E-state index contributed by atoms with van der Waals surface area (Å²) in [6.07, 6.45) is 8.31. The second-order valence-electron chi connectivity index (χ2n) is 10.1. The van der Waals surface area contributed by atoms with Gasteiger partial charge in [-0.15, -0.1) is 0 Å². The lowest BCUT2D eigenvalue weighted by atomic mass is 9.98. The molecule has 0 saturated carbocycles. The maximum atomic E-state index is 12.1. The zero-order valence-corrected chi connectivity index (χ0v) is 21.1. The Bertz CT molecular complexity index is 769. The minimum atomic E-state index is -1.20. The number of hydrogen-bond acceptors (Lipinski definition) is 6. The van der Waals surface area contributed by atoms with Crippen LogP contribution in [0.3, 0.4) is 0 Å². The van der Waals surface area contributed by atoms with E-state index in [1.165, 1.54) is 0 Å². The molecular formula is C26H43NO6. The number of hydrogen-bond donors (Lipinski definition) is 2. The van der Waals surface area contributed by atoms with E-state index in [0.717, 1.165) is 74.5 Å². The molecule has 1 unspecified atom stereocenters. The van der Waals surface area contributed by atoms with Crippen LogP contribution in [0.4, 0.5) is 0 Å². The number of aliphatic carboxylic acids is 1. The number of benzene rings is 1. The number of carbonyl (C=O) groups excluding carboxylic acids is 2. The highest BCUT2D eigenvalue weighted by atomic mass is 16.5. The van der Waals surface area contributed by atoms with E-state index >= 15 is 0 Å². The number of carboxylic acids is 1. The highest BCUT2D eigenvalue weighted by Gasteiger charge is 2.22. The van der Waals surface area contributed by atoms with Gasteiger partial charge in [0.15, 0.2) is 6.10 Å². The average molecular weight is 466 g/mol. The van der Waals surface area contributed by atoms with Crippen LogP contribution in [0.5, 0.6) is 11.5 Å². The lowest BCUT2D eigenvalue weighted by molar-refractivity contribution is -0.873. The summed E-state index contributed by atoms with van der Waals surface area (Å²) in [5.41, 5.74) is 2.29. The quantitative estimate of drug-likeness (QED) is 0.167. The molecule has 1 aromatic carbocycles. The fourth-order valence-corrected chi connectivity index (χ4v) is 3.97. The van der Waals surface area contributed by atoms with Crippen molar-refractivity contribution >= 4 is 11.9 Å². The Morgan fingerprint density at radius 3 is 2.03 bits per heavy atom. The molecule has 0 amide bonds. The number of nitrogens with zero attached hydrogens (tertiary/aromatic N) is 1. The number of esters is 1. The van der Waals surface area contributed by atoms with Crippen LogP contribution in [-0.2, 0) is 20.7 Å². The summed E-state index contributed by atoms with van der Waals surface area (Å²) in [6, 6.07) is 1.67. The van der Waals surface area contributed by atoms with Gasteiger partial charge in [0.05, 0.1) is 21.1 Å². The number of unbranched alkanes of at least 4 members (excludes halogenated alkanes) is 7. The van der Waals surface area contributed by atoms with Crippen LogP contribution in [0.15, 0.2) is 6.07 Å². The molecule has 33 heavy (non-hydrogen) atoms. The van der Waals surface area contributed by atoms with Gasteiger partial charge in [-0.3, -0.25) is 4.79 Å². The minimum Gasteiger partial charge on any atom is -0.550 e. The highest BCUT2D eigenvalue weighted by Crippen LogP contribution is 2.32. The first-order valence-corrected chi connectivity index (χ1v) is 12.1. The Balaban J connectivity index is 2.14. The second-order valence-corrected chi connectivity index (χ2v) is 10.1. The van der Waals surface area contributed by atoms with E-state index in [-0.39, 0.29) is 18.1 Å². The third-order valence-corrected chi connectivity index (χ3v) is 5.94. The fraction of sp³-hybridized carbons (Fsp3) is 0.692. The number of carboxylic acid groups (broad SMARTS) is 1. The molecule has 0 heterocycles. The number of aromatic hydroxyl groups is 2. The largest absolute Gasteiger partial charge is 0.550 e. The summed E-state index contributed by atoms with van der Waals surface area (Å²) >= 11 is 0. The molecular weight excluding hydrogens is 422 g/mol. The number of aryl methyl sites for hydroxylation is 1. The molecule has 1 rings (SSSR count). The topological polar surface area (TPSA) is 107 Å². The standard InChI is InChI=1S/C26H43NO6/c1-19-20(2)26(32)21(16-23(19)28)14-12-10-8-6-7-9-11-13-15-25(31)33-22(17-24(29)30)18-27(3,4)5/h16,22H,6-15,17-18H2,1-5H3,(H2-,28,29,30,32). The average Bonchev–Trinajstić information content (AvgIpc) is 2.69. The number of quaternary nitrogens is 1. The molecule has 0 aromatic heterocycles. The molecule has 0 aliphatic carbocycles. The first-order chi connectivity index (χ1) is 15.4. The summed E-state index contributed by atoms with van der Waals surface area (Å²) in [7, 11) is 5.77. The SMILES string of the molecule is Cc1c(O)cc(CCCCCCCCCCC(=O)OC(CC(=O)[O-])C[N+](C)(C)C)c(O)c1C. The minimum absolute atomic E-state index is 0.243. The molecule has 2 N–H and O–H groups in total. The van der Waals surface area contributed by atoms with Crippen molar-refractivity contribution in [1.29, 1.82) is 0 Å². The summed E-state index contributed by atoms with van der Waals surface area (Å²) in [4.78, 5) is 23.0. The molecule has 7 heteroatoms. The van der Waals surface area contributed by atoms with Crippen LogP contribution in [0, 0.1) is 13.8 Å². The van der Waals surface area contributed by atoms with E-state index in [4.69, 9.17) is 4.74 Å². The third-order valence-electron chi connectivity index (χ3n) is 5.94. The summed E-state index contributed by atoms with van der Waals surface area (Å²) < 4.78 is 5.88. The van der Waals surface area contributed by atoms with Crippen LogP contribution in [0.2, 0.25) is 0 Å². The lowest BCUT2D eigenvalue weighted by Crippen LogP contribution is -2.45. The molecule has 0 saturated heterocycles. The van der Waals surface area contributed by atoms with E-state index in [9.17, 15) is 24.9 Å². The summed E-state index contributed by atoms with van der Waals surface area (Å²) in [5.74, 6) is -1.00. The maximum absolute atomic E-state index is 12.1. The number of rotatable bonds is 16. The van der Waals surface area contributed by atoms with E-state index in [1.54, 1.807) is 13.0 Å². The van der Waals surface area contributed by atoms with Gasteiger partial charge in [-0.05, 0) is 55.9 Å². The number of phenolic OH excluding ortho intramolecular Hbond substituents is 2. The van der Waals surface area contributed by atoms with Crippen molar-refractivity contribution in [1.82, 2.24) is 0 Å². The molecule has 7 nitrogen and oxygen atoms in total. The Morgan fingerprint density at radius 1 is 0.939 bits per heavy atom. The zero-order valence-electron chi connectivity index (χ0n) is 21.1. The predicted molar refractivity (Wildman–Crippen MR) is 127 cm³/mol. The predicted octanol–water partition coefficient (Wildman–Crippen LogP) is 3.53. The Morgan fingerprint density at radius 2 is 1.48 bits per heavy atom. The van der Waals surface area contributed by atoms with Gasteiger partial charge >= 0.3 is 5.97 Å². The van der Waals surface area contributed by atoms with Gasteiger partial charge in [0, 0.05) is 18.8 Å². The van der Waals surface area contributed by atoms with Crippen LogP contribution in [0.1, 0.15) is 80.9 Å². The first kappa shape index (κ1) is 28.8. The van der Waals surface area contributed by atoms with Crippen molar-refractivity contribution in [3.8, 4) is 11.5 Å². The van der Waals surface area contributed by atoms with Crippen molar-refractivity contribution in [3.05, 3.63) is 22.8 Å². The first-order valence-electron chi connectivity index (χ1n) is 12.1. The van der Waals surface area contributed by atoms with Gasteiger partial charge in [0.1, 0.15) is 18.0 Å². The van der Waals surface area contributed by atoms with Gasteiger partial charge in [-0.2, -0.15) is 0 Å². The molecule has 1 atom stereocenters. The van der Waals surface area contributed by atoms with Crippen LogP contribution < -0.4 is 5.11 Å². The van der Waals surface area contributed by atoms with Crippen molar-refractivity contribution in [2.45, 2.75) is 90.6 Å². The molecule has 0 aliphatic rings. The van der Waals surface area contributed by atoms with E-state index < -0.39 is 12.1 Å². The monoisotopic (exact) mass is 465 g/mol. The molecule has 0 radical (unpaired) electrons. The normalized spacial score (nSPS) is 12.5. The van der Waals surface area contributed by atoms with Gasteiger partial charge in [0.2, 0.25) is 0 Å². The van der Waals surface area contributed by atoms with Gasteiger partial charge in [-0.1, -0.05) is 38.5 Å². The second kappa shape index (κ2) is 14.1. The van der Waals surface area contributed by atoms with Crippen molar-refractivity contribution in [3.63, 3.8) is 0 Å². The van der Waals surface area contributed by atoms with E-state index in [2.05, 4.69) is 0 Å².